The van der Waals surface area contributed by atoms with Crippen LogP contribution in [0, 0.1) is 5.82 Å². The van der Waals surface area contributed by atoms with Crippen LogP contribution in [0.2, 0.25) is 0 Å². The highest BCUT2D eigenvalue weighted by Crippen LogP contribution is 2.30. The zero-order valence-corrected chi connectivity index (χ0v) is 14.5. The number of para-hydroxylation sites is 1. The Morgan fingerprint density at radius 1 is 0.885 bits per heavy atom. The second kappa shape index (κ2) is 7.02. The number of fused-ring (bicyclic) bond motifs is 1. The van der Waals surface area contributed by atoms with Crippen LogP contribution in [-0.4, -0.2) is 10.8 Å². The highest BCUT2D eigenvalue weighted by Gasteiger charge is 2.18. The number of rotatable bonds is 4. The molecule has 0 amide bonds. The van der Waals surface area contributed by atoms with Crippen molar-refractivity contribution < 1.29 is 9.18 Å². The lowest BCUT2D eigenvalue weighted by molar-refractivity contribution is 0.105. The van der Waals surface area contributed by atoms with Crippen molar-refractivity contribution in [2.45, 2.75) is 0 Å². The van der Waals surface area contributed by atoms with Gasteiger partial charge in [0.05, 0.1) is 15.8 Å². The fraction of sp³-hybridized carbons (Fsp3) is 0. The van der Waals surface area contributed by atoms with Gasteiger partial charge in [-0.05, 0) is 35.9 Å². The molecule has 126 valence electrons. The lowest BCUT2D eigenvalue weighted by atomic mass is 10.0. The number of hydrogen-bond acceptors (Lipinski definition) is 3. The Hall–Kier alpha value is -3.11. The molecule has 0 atom stereocenters. The molecule has 3 aromatic carbocycles. The van der Waals surface area contributed by atoms with Crippen LogP contribution >= 0.6 is 11.3 Å². The van der Waals surface area contributed by atoms with Crippen LogP contribution in [0.5, 0.6) is 0 Å². The van der Waals surface area contributed by atoms with Crippen molar-refractivity contribution in [1.82, 2.24) is 4.98 Å². The molecule has 0 spiro atoms. The number of allylic oxidation sites excluding steroid dienone is 1. The zero-order valence-electron chi connectivity index (χ0n) is 13.7. The van der Waals surface area contributed by atoms with E-state index in [1.807, 2.05) is 42.5 Å². The van der Waals surface area contributed by atoms with Crippen LogP contribution in [0.15, 0.2) is 78.9 Å². The number of carbonyl (C=O) groups excluding carboxylic acids is 1. The van der Waals surface area contributed by atoms with Crippen LogP contribution in [0.3, 0.4) is 0 Å². The summed E-state index contributed by atoms with van der Waals surface area (Å²) in [5, 5.41) is 0.657. The van der Waals surface area contributed by atoms with E-state index < -0.39 is 0 Å². The molecule has 0 bridgehead atoms. The van der Waals surface area contributed by atoms with Gasteiger partial charge >= 0.3 is 0 Å². The highest BCUT2D eigenvalue weighted by molar-refractivity contribution is 7.20. The lowest BCUT2D eigenvalue weighted by Crippen LogP contribution is -2.02. The van der Waals surface area contributed by atoms with Gasteiger partial charge in [-0.1, -0.05) is 54.6 Å². The van der Waals surface area contributed by atoms with E-state index in [0.29, 0.717) is 16.1 Å². The molecule has 1 aromatic heterocycles. The van der Waals surface area contributed by atoms with Crippen LogP contribution in [0.1, 0.15) is 20.9 Å². The molecular formula is C22H14FNOS. The third-order valence-corrected chi connectivity index (χ3v) is 5.06. The molecule has 0 fully saturated rings. The minimum absolute atomic E-state index is 0.103. The molecule has 2 nitrogen and oxygen atoms in total. The van der Waals surface area contributed by atoms with Crippen molar-refractivity contribution in [3.8, 4) is 0 Å². The molecule has 0 saturated heterocycles. The summed E-state index contributed by atoms with van der Waals surface area (Å²) in [5.74, 6) is -0.410. The second-order valence-electron chi connectivity index (χ2n) is 5.79. The fourth-order valence-corrected chi connectivity index (χ4v) is 3.66. The first-order valence-corrected chi connectivity index (χ1v) is 8.95. The van der Waals surface area contributed by atoms with Crippen molar-refractivity contribution in [1.29, 1.82) is 0 Å². The standard InChI is InChI=1S/C22H14FNOS/c23-17-12-10-15(11-13-17)14-18(21(25)16-6-2-1-3-7-16)22-24-19-8-4-5-9-20(19)26-22/h1-14H/b18-14-. The number of nitrogens with zero attached hydrogens (tertiary/aromatic N) is 1. The summed E-state index contributed by atoms with van der Waals surface area (Å²) in [6.45, 7) is 0. The lowest BCUT2D eigenvalue weighted by Gasteiger charge is -2.05. The summed E-state index contributed by atoms with van der Waals surface area (Å²) in [5.41, 5.74) is 2.72. The Kier molecular flexibility index (Phi) is 4.42. The predicted octanol–water partition coefficient (Wildman–Crippen LogP) is 5.86. The summed E-state index contributed by atoms with van der Waals surface area (Å²) in [6.07, 6.45) is 1.77. The van der Waals surface area contributed by atoms with Crippen molar-refractivity contribution in [3.63, 3.8) is 0 Å². The molecule has 0 unspecified atom stereocenters. The minimum Gasteiger partial charge on any atom is -0.288 e. The molecule has 4 rings (SSSR count). The average molecular weight is 359 g/mol. The number of ketones is 1. The normalized spacial score (nSPS) is 11.7. The molecule has 4 aromatic rings. The number of hydrogen-bond donors (Lipinski definition) is 0. The molecule has 4 heteroatoms. The van der Waals surface area contributed by atoms with E-state index in [-0.39, 0.29) is 11.6 Å². The first-order chi connectivity index (χ1) is 12.7. The fourth-order valence-electron chi connectivity index (χ4n) is 2.68. The first kappa shape index (κ1) is 16.4. The zero-order chi connectivity index (χ0) is 17.9. The first-order valence-electron chi connectivity index (χ1n) is 8.14. The van der Waals surface area contributed by atoms with E-state index in [4.69, 9.17) is 0 Å². The van der Waals surface area contributed by atoms with Gasteiger partial charge in [0.15, 0.2) is 5.78 Å². The van der Waals surface area contributed by atoms with E-state index >= 15 is 0 Å². The highest BCUT2D eigenvalue weighted by atomic mass is 32.1. The molecule has 0 N–H and O–H groups in total. The second-order valence-corrected chi connectivity index (χ2v) is 6.82. The van der Waals surface area contributed by atoms with Crippen LogP contribution < -0.4 is 0 Å². The predicted molar refractivity (Wildman–Crippen MR) is 105 cm³/mol. The molecule has 0 aliphatic carbocycles. The molecule has 0 saturated carbocycles. The van der Waals surface area contributed by atoms with Crippen LogP contribution in [-0.2, 0) is 0 Å². The Labute approximate surface area is 154 Å². The van der Waals surface area contributed by atoms with E-state index in [1.165, 1.54) is 23.5 Å². The van der Waals surface area contributed by atoms with Gasteiger partial charge < -0.3 is 0 Å². The molecule has 0 aliphatic heterocycles. The van der Waals surface area contributed by atoms with Crippen molar-refractivity contribution in [2.24, 2.45) is 0 Å². The summed E-state index contributed by atoms with van der Waals surface area (Å²) >= 11 is 1.48. The molecule has 26 heavy (non-hydrogen) atoms. The van der Waals surface area contributed by atoms with Crippen molar-refractivity contribution in [2.75, 3.05) is 0 Å². The Morgan fingerprint density at radius 3 is 2.31 bits per heavy atom. The number of thiazole rings is 1. The van der Waals surface area contributed by atoms with Gasteiger partial charge in [0.2, 0.25) is 0 Å². The molecular weight excluding hydrogens is 345 g/mol. The van der Waals surface area contributed by atoms with E-state index in [9.17, 15) is 9.18 Å². The van der Waals surface area contributed by atoms with Gasteiger partial charge in [0, 0.05) is 5.56 Å². The summed E-state index contributed by atoms with van der Waals surface area (Å²) in [4.78, 5) is 17.7. The van der Waals surface area contributed by atoms with Crippen LogP contribution in [0.25, 0.3) is 21.9 Å². The largest absolute Gasteiger partial charge is 0.288 e. The Balaban J connectivity index is 1.85. The Bertz CT molecular complexity index is 1060. The number of halogens is 1. The maximum absolute atomic E-state index is 13.2. The molecule has 1 heterocycles. The van der Waals surface area contributed by atoms with E-state index in [1.54, 1.807) is 30.3 Å². The van der Waals surface area contributed by atoms with Gasteiger partial charge in [0.25, 0.3) is 0 Å². The maximum atomic E-state index is 13.2. The number of carbonyl (C=O) groups is 1. The number of benzene rings is 3. The molecule has 0 aliphatic rings. The quantitative estimate of drug-likeness (QED) is 0.337. The summed E-state index contributed by atoms with van der Waals surface area (Å²) < 4.78 is 14.2. The smallest absolute Gasteiger partial charge is 0.196 e. The van der Waals surface area contributed by atoms with Crippen LogP contribution in [0.4, 0.5) is 4.39 Å². The number of aromatic nitrogens is 1. The Morgan fingerprint density at radius 2 is 1.58 bits per heavy atom. The third-order valence-electron chi connectivity index (χ3n) is 3.99. The summed E-state index contributed by atoms with van der Waals surface area (Å²) in [6, 6.07) is 23.0. The third kappa shape index (κ3) is 3.32. The van der Waals surface area contributed by atoms with Gasteiger partial charge in [-0.2, -0.15) is 0 Å². The number of Topliss-reactive ketones (excluding diaryl/α,β-unsaturated/α-hetero) is 1. The van der Waals surface area contributed by atoms with Gasteiger partial charge in [-0.25, -0.2) is 9.37 Å². The molecule has 0 radical (unpaired) electrons. The van der Waals surface area contributed by atoms with E-state index in [2.05, 4.69) is 4.98 Å². The average Bonchev–Trinajstić information content (AvgIpc) is 3.11. The summed E-state index contributed by atoms with van der Waals surface area (Å²) in [7, 11) is 0. The van der Waals surface area contributed by atoms with Gasteiger partial charge in [-0.3, -0.25) is 4.79 Å². The van der Waals surface area contributed by atoms with Crippen molar-refractivity contribution >= 4 is 39.0 Å². The van der Waals surface area contributed by atoms with Crippen molar-refractivity contribution in [3.05, 3.63) is 101 Å². The minimum atomic E-state index is -0.307. The van der Waals surface area contributed by atoms with Gasteiger partial charge in [-0.15, -0.1) is 11.3 Å². The monoisotopic (exact) mass is 359 g/mol. The SMILES string of the molecule is O=C(/C(=C/c1ccc(F)cc1)c1nc2ccccc2s1)c1ccccc1. The maximum Gasteiger partial charge on any atom is 0.196 e. The van der Waals surface area contributed by atoms with E-state index in [0.717, 1.165) is 15.8 Å². The topological polar surface area (TPSA) is 30.0 Å². The van der Waals surface area contributed by atoms with Gasteiger partial charge in [0.1, 0.15) is 10.8 Å².